The minimum absolute atomic E-state index is 0.302. The van der Waals surface area contributed by atoms with Crippen molar-refractivity contribution < 1.29 is 43.9 Å². The summed E-state index contributed by atoms with van der Waals surface area (Å²) < 4.78 is 22.8. The molecule has 14 nitrogen and oxygen atoms in total. The Morgan fingerprint density at radius 2 is 2.07 bits per heavy atom. The molecule has 5 atom stereocenters. The van der Waals surface area contributed by atoms with Gasteiger partial charge in [-0.25, -0.2) is 19.7 Å². The van der Waals surface area contributed by atoms with E-state index in [1.807, 2.05) is 0 Å². The number of aliphatic hydroxyl groups excluding tert-OH is 2. The molecular formula is C13H18N5O9P. The molecule has 0 spiro atoms. The number of ether oxygens (including phenoxy) is 2. The normalized spacial score (nSPS) is 26.5. The molecule has 154 valence electrons. The van der Waals surface area contributed by atoms with Gasteiger partial charge in [0.25, 0.3) is 5.85 Å². The van der Waals surface area contributed by atoms with Crippen LogP contribution in [0.25, 0.3) is 11.2 Å². The first-order valence-electron chi connectivity index (χ1n) is 7.91. The summed E-state index contributed by atoms with van der Waals surface area (Å²) in [7, 11) is -3.45. The van der Waals surface area contributed by atoms with Gasteiger partial charge in [-0.05, 0) is 0 Å². The standard InChI is InChI=1S/C13H18N5O9P/c1-14-9-6-10(16-3-15-9)18(4-17-6)11-8(20)7(19)5(27-11)2-26-13(12(21)22)28(23,24)25/h3-5,7-8,11,13,19-20H,2H2,1H3,(H,21,22)(H,14,15,16)(H2,23,24,25)/t5-,7-,8-,11-,13?/m1/s1. The number of fused-ring (bicyclic) bond motifs is 1. The highest BCUT2D eigenvalue weighted by atomic mass is 31.2. The second kappa shape index (κ2) is 7.67. The highest BCUT2D eigenvalue weighted by Gasteiger charge is 2.46. The average molecular weight is 419 g/mol. The Bertz CT molecular complexity index is 917. The number of anilines is 1. The van der Waals surface area contributed by atoms with E-state index in [1.165, 1.54) is 17.2 Å². The van der Waals surface area contributed by atoms with Gasteiger partial charge in [-0.3, -0.25) is 9.13 Å². The van der Waals surface area contributed by atoms with Crippen molar-refractivity contribution in [1.29, 1.82) is 0 Å². The maximum Gasteiger partial charge on any atom is 0.365 e. The van der Waals surface area contributed by atoms with Crippen LogP contribution in [0.3, 0.4) is 0 Å². The predicted molar refractivity (Wildman–Crippen MR) is 90.2 cm³/mol. The number of hydrogen-bond acceptors (Lipinski definition) is 10. The third kappa shape index (κ3) is 3.71. The summed E-state index contributed by atoms with van der Waals surface area (Å²) in [5.74, 6) is -3.85. The molecule has 3 heterocycles. The molecule has 1 aliphatic rings. The van der Waals surface area contributed by atoms with E-state index in [0.717, 1.165) is 0 Å². The van der Waals surface area contributed by atoms with Crippen LogP contribution in [0, 0.1) is 0 Å². The highest BCUT2D eigenvalue weighted by molar-refractivity contribution is 7.53. The summed E-state index contributed by atoms with van der Waals surface area (Å²) in [6, 6.07) is 0. The molecule has 15 heteroatoms. The number of carboxylic acid groups (broad SMARTS) is 1. The number of nitrogens with one attached hydrogen (secondary N) is 1. The number of aromatic nitrogens is 4. The second-order valence-corrected chi connectivity index (χ2v) is 7.60. The quantitative estimate of drug-likeness (QED) is 0.271. The monoisotopic (exact) mass is 419 g/mol. The van der Waals surface area contributed by atoms with Crippen LogP contribution >= 0.6 is 7.60 Å². The van der Waals surface area contributed by atoms with Crippen molar-refractivity contribution in [2.75, 3.05) is 19.0 Å². The van der Waals surface area contributed by atoms with Crippen LogP contribution in [-0.4, -0.2) is 88.4 Å². The molecule has 3 rings (SSSR count). The zero-order valence-electron chi connectivity index (χ0n) is 14.4. The first-order chi connectivity index (χ1) is 13.1. The predicted octanol–water partition coefficient (Wildman–Crippen LogP) is -1.91. The second-order valence-electron chi connectivity index (χ2n) is 5.96. The number of carbonyl (C=O) groups is 1. The molecule has 0 saturated carbocycles. The van der Waals surface area contributed by atoms with E-state index in [-0.39, 0.29) is 0 Å². The minimum Gasteiger partial charge on any atom is -0.479 e. The number of carboxylic acids is 1. The first kappa shape index (κ1) is 20.5. The molecule has 0 aliphatic carbocycles. The lowest BCUT2D eigenvalue weighted by Gasteiger charge is -2.19. The fraction of sp³-hybridized carbons (Fsp3) is 0.538. The summed E-state index contributed by atoms with van der Waals surface area (Å²) in [6.45, 7) is -0.680. The van der Waals surface area contributed by atoms with E-state index in [4.69, 9.17) is 24.4 Å². The maximum atomic E-state index is 11.2. The van der Waals surface area contributed by atoms with Gasteiger partial charge in [-0.1, -0.05) is 0 Å². The Labute approximate surface area is 156 Å². The van der Waals surface area contributed by atoms with Gasteiger partial charge in [0.2, 0.25) is 0 Å². The van der Waals surface area contributed by atoms with Crippen molar-refractivity contribution in [3.63, 3.8) is 0 Å². The molecule has 6 N–H and O–H groups in total. The van der Waals surface area contributed by atoms with E-state index >= 15 is 0 Å². The molecule has 2 aromatic rings. The van der Waals surface area contributed by atoms with Crippen molar-refractivity contribution in [2.45, 2.75) is 30.4 Å². The zero-order valence-corrected chi connectivity index (χ0v) is 15.2. The molecule has 0 aromatic carbocycles. The van der Waals surface area contributed by atoms with Crippen molar-refractivity contribution in [3.8, 4) is 0 Å². The Morgan fingerprint density at radius 1 is 1.36 bits per heavy atom. The van der Waals surface area contributed by atoms with Gasteiger partial charge in [0.15, 0.2) is 17.7 Å². The number of nitrogens with zero attached hydrogens (tertiary/aromatic N) is 4. The summed E-state index contributed by atoms with van der Waals surface area (Å²) >= 11 is 0. The van der Waals surface area contributed by atoms with Crippen LogP contribution < -0.4 is 5.32 Å². The zero-order chi connectivity index (χ0) is 20.6. The van der Waals surface area contributed by atoms with Gasteiger partial charge < -0.3 is 39.9 Å². The smallest absolute Gasteiger partial charge is 0.365 e. The lowest BCUT2D eigenvalue weighted by atomic mass is 10.1. The Balaban J connectivity index is 1.80. The van der Waals surface area contributed by atoms with E-state index in [2.05, 4.69) is 20.3 Å². The lowest BCUT2D eigenvalue weighted by molar-refractivity contribution is -0.149. The van der Waals surface area contributed by atoms with Crippen LogP contribution in [0.4, 0.5) is 5.82 Å². The van der Waals surface area contributed by atoms with E-state index in [0.29, 0.717) is 17.0 Å². The third-order valence-corrected chi connectivity index (χ3v) is 5.12. The Morgan fingerprint density at radius 3 is 2.68 bits per heavy atom. The number of aliphatic hydroxyl groups is 2. The molecule has 1 saturated heterocycles. The molecular weight excluding hydrogens is 401 g/mol. The van der Waals surface area contributed by atoms with Crippen molar-refractivity contribution in [3.05, 3.63) is 12.7 Å². The van der Waals surface area contributed by atoms with Crippen molar-refractivity contribution in [1.82, 2.24) is 19.5 Å². The fourth-order valence-corrected chi connectivity index (χ4v) is 3.38. The molecule has 1 unspecified atom stereocenters. The number of aliphatic carboxylic acids is 1. The van der Waals surface area contributed by atoms with Gasteiger partial charge in [0, 0.05) is 7.05 Å². The third-order valence-electron chi connectivity index (χ3n) is 4.14. The summed E-state index contributed by atoms with van der Waals surface area (Å²) in [4.78, 5) is 41.2. The van der Waals surface area contributed by atoms with Crippen molar-refractivity contribution >= 4 is 30.5 Å². The minimum atomic E-state index is -5.09. The molecule has 2 aromatic heterocycles. The van der Waals surface area contributed by atoms with Gasteiger partial charge >= 0.3 is 13.6 Å². The van der Waals surface area contributed by atoms with Crippen LogP contribution in [0.15, 0.2) is 12.7 Å². The average Bonchev–Trinajstić information content (AvgIpc) is 3.16. The van der Waals surface area contributed by atoms with Gasteiger partial charge in [-0.15, -0.1) is 0 Å². The molecule has 28 heavy (non-hydrogen) atoms. The van der Waals surface area contributed by atoms with E-state index in [9.17, 15) is 19.6 Å². The molecule has 0 amide bonds. The number of rotatable bonds is 7. The summed E-state index contributed by atoms with van der Waals surface area (Å²) in [5, 5.41) is 32.2. The Hall–Kier alpha value is -2.19. The fourth-order valence-electron chi connectivity index (χ4n) is 2.82. The highest BCUT2D eigenvalue weighted by Crippen LogP contribution is 2.42. The molecule has 1 aliphatic heterocycles. The van der Waals surface area contributed by atoms with Gasteiger partial charge in [-0.2, -0.15) is 0 Å². The molecule has 0 bridgehead atoms. The Kier molecular flexibility index (Phi) is 5.63. The summed E-state index contributed by atoms with van der Waals surface area (Å²) in [6.07, 6.45) is -2.79. The maximum absolute atomic E-state index is 11.2. The van der Waals surface area contributed by atoms with Gasteiger partial charge in [0.1, 0.15) is 30.2 Å². The van der Waals surface area contributed by atoms with Crippen LogP contribution in [0.5, 0.6) is 0 Å². The lowest BCUT2D eigenvalue weighted by Crippen LogP contribution is -2.36. The number of hydrogen-bond donors (Lipinski definition) is 6. The van der Waals surface area contributed by atoms with Crippen LogP contribution in [-0.2, 0) is 18.8 Å². The van der Waals surface area contributed by atoms with E-state index in [1.54, 1.807) is 7.05 Å². The van der Waals surface area contributed by atoms with Crippen molar-refractivity contribution in [2.24, 2.45) is 0 Å². The van der Waals surface area contributed by atoms with E-state index < -0.39 is 50.6 Å². The molecule has 1 fully saturated rings. The number of imidazole rings is 1. The van der Waals surface area contributed by atoms with Crippen LogP contribution in [0.1, 0.15) is 6.23 Å². The van der Waals surface area contributed by atoms with Gasteiger partial charge in [0.05, 0.1) is 12.9 Å². The summed E-state index contributed by atoms with van der Waals surface area (Å²) in [5.41, 5.74) is 0.693. The first-order valence-corrected chi connectivity index (χ1v) is 9.59. The SMILES string of the molecule is CNc1ncnc2c1ncn2[C@@H]1O[C@H](COC(C(=O)O)P(=O)(O)O)[C@@H](O)[C@H]1O. The topological polar surface area (TPSA) is 209 Å². The van der Waals surface area contributed by atoms with Crippen LogP contribution in [0.2, 0.25) is 0 Å². The largest absolute Gasteiger partial charge is 0.479 e. The molecule has 0 radical (unpaired) electrons.